The van der Waals surface area contributed by atoms with Crippen molar-refractivity contribution in [2.24, 2.45) is 5.92 Å². The van der Waals surface area contributed by atoms with E-state index in [9.17, 15) is 14.4 Å². The Bertz CT molecular complexity index is 470. The molecule has 7 heteroatoms. The average Bonchev–Trinajstić information content (AvgIpc) is 2.97. The zero-order valence-electron chi connectivity index (χ0n) is 11.9. The van der Waals surface area contributed by atoms with E-state index in [1.165, 1.54) is 6.26 Å². The first-order valence-electron chi connectivity index (χ1n) is 6.79. The Morgan fingerprint density at radius 2 is 2.05 bits per heavy atom. The van der Waals surface area contributed by atoms with Crippen molar-refractivity contribution in [3.63, 3.8) is 0 Å². The molecule has 1 rings (SSSR count). The van der Waals surface area contributed by atoms with Gasteiger partial charge in [0.1, 0.15) is 0 Å². The third kappa shape index (κ3) is 7.14. The quantitative estimate of drug-likeness (QED) is 0.630. The van der Waals surface area contributed by atoms with Gasteiger partial charge in [-0.3, -0.25) is 14.4 Å². The Labute approximate surface area is 122 Å². The van der Waals surface area contributed by atoms with Crippen molar-refractivity contribution in [1.29, 1.82) is 0 Å². The van der Waals surface area contributed by atoms with Crippen LogP contribution in [0, 0.1) is 5.92 Å². The highest BCUT2D eigenvalue weighted by Gasteiger charge is 2.10. The molecule has 2 amide bonds. The van der Waals surface area contributed by atoms with Gasteiger partial charge in [-0.2, -0.15) is 0 Å². The second-order valence-corrected chi connectivity index (χ2v) is 4.82. The summed E-state index contributed by atoms with van der Waals surface area (Å²) in [5.41, 5.74) is 0. The summed E-state index contributed by atoms with van der Waals surface area (Å²) in [6, 6.07) is 3.15. The number of hydrogen-bond acceptors (Lipinski definition) is 4. The smallest absolute Gasteiger partial charge is 0.303 e. The van der Waals surface area contributed by atoms with E-state index in [0.717, 1.165) is 0 Å². The van der Waals surface area contributed by atoms with E-state index < -0.39 is 5.97 Å². The Hall–Kier alpha value is -2.31. The van der Waals surface area contributed by atoms with Crippen LogP contribution < -0.4 is 10.6 Å². The molecule has 1 heterocycles. The van der Waals surface area contributed by atoms with Crippen molar-refractivity contribution in [1.82, 2.24) is 10.6 Å². The van der Waals surface area contributed by atoms with Crippen LogP contribution in [0.3, 0.4) is 0 Å². The first kappa shape index (κ1) is 16.7. The number of nitrogens with one attached hydrogen (secondary N) is 2. The first-order valence-corrected chi connectivity index (χ1v) is 6.79. The normalized spacial score (nSPS) is 11.7. The third-order valence-corrected chi connectivity index (χ3v) is 2.88. The van der Waals surface area contributed by atoms with E-state index in [0.29, 0.717) is 13.0 Å². The number of carboxylic acids is 1. The average molecular weight is 296 g/mol. The van der Waals surface area contributed by atoms with Gasteiger partial charge in [-0.15, -0.1) is 0 Å². The van der Waals surface area contributed by atoms with Crippen LogP contribution in [0.15, 0.2) is 22.8 Å². The number of carbonyl (C=O) groups excluding carboxylic acids is 2. The predicted molar refractivity (Wildman–Crippen MR) is 74.7 cm³/mol. The molecule has 0 aliphatic carbocycles. The van der Waals surface area contributed by atoms with Gasteiger partial charge in [0.25, 0.3) is 5.91 Å². The van der Waals surface area contributed by atoms with Gasteiger partial charge in [0, 0.05) is 25.9 Å². The summed E-state index contributed by atoms with van der Waals surface area (Å²) in [6.07, 6.45) is 2.18. The second-order valence-electron chi connectivity index (χ2n) is 4.82. The lowest BCUT2D eigenvalue weighted by atomic mass is 10.1. The van der Waals surface area contributed by atoms with Gasteiger partial charge in [-0.05, 0) is 24.5 Å². The number of amides is 2. The number of hydrogen-bond donors (Lipinski definition) is 3. The minimum Gasteiger partial charge on any atom is -0.481 e. The Morgan fingerprint density at radius 3 is 2.67 bits per heavy atom. The molecule has 0 aliphatic rings. The Kier molecular flexibility index (Phi) is 7.00. The molecule has 1 aromatic heterocycles. The van der Waals surface area contributed by atoms with Crippen LogP contribution in [0.5, 0.6) is 0 Å². The molecule has 0 saturated carbocycles. The maximum absolute atomic E-state index is 11.6. The number of aliphatic carboxylic acids is 1. The minimum atomic E-state index is -0.839. The standard InChI is InChI=1S/C14H20N2O5/c1-10(4-5-13(18)19)9-16-12(17)6-7-15-14(20)11-3-2-8-21-11/h2-3,8,10H,4-7,9H2,1H3,(H,15,20)(H,16,17)(H,18,19). The van der Waals surface area contributed by atoms with Crippen molar-refractivity contribution in [3.8, 4) is 0 Å². The molecule has 0 aromatic carbocycles. The van der Waals surface area contributed by atoms with Crippen LogP contribution in [-0.4, -0.2) is 36.0 Å². The molecular formula is C14H20N2O5. The van der Waals surface area contributed by atoms with Crippen molar-refractivity contribution in [2.45, 2.75) is 26.2 Å². The maximum atomic E-state index is 11.6. The van der Waals surface area contributed by atoms with Gasteiger partial charge < -0.3 is 20.2 Å². The summed E-state index contributed by atoms with van der Waals surface area (Å²) >= 11 is 0. The highest BCUT2D eigenvalue weighted by atomic mass is 16.4. The molecule has 0 bridgehead atoms. The zero-order chi connectivity index (χ0) is 15.7. The lowest BCUT2D eigenvalue weighted by Gasteiger charge is -2.11. The lowest BCUT2D eigenvalue weighted by Crippen LogP contribution is -2.32. The zero-order valence-corrected chi connectivity index (χ0v) is 11.9. The van der Waals surface area contributed by atoms with Crippen molar-refractivity contribution >= 4 is 17.8 Å². The topological polar surface area (TPSA) is 109 Å². The molecule has 0 aliphatic heterocycles. The van der Waals surface area contributed by atoms with Crippen molar-refractivity contribution in [3.05, 3.63) is 24.2 Å². The molecule has 0 saturated heterocycles. The summed E-state index contributed by atoms with van der Waals surface area (Å²) in [4.78, 5) is 33.5. The molecule has 0 radical (unpaired) electrons. The molecule has 1 aromatic rings. The molecule has 1 atom stereocenters. The number of carbonyl (C=O) groups is 3. The molecule has 116 valence electrons. The monoisotopic (exact) mass is 296 g/mol. The van der Waals surface area contributed by atoms with Gasteiger partial charge in [0.15, 0.2) is 5.76 Å². The Morgan fingerprint density at radius 1 is 1.29 bits per heavy atom. The third-order valence-electron chi connectivity index (χ3n) is 2.88. The molecule has 7 nitrogen and oxygen atoms in total. The van der Waals surface area contributed by atoms with Crippen LogP contribution in [0.4, 0.5) is 0 Å². The summed E-state index contributed by atoms with van der Waals surface area (Å²) in [7, 11) is 0. The van der Waals surface area contributed by atoms with E-state index in [2.05, 4.69) is 10.6 Å². The van der Waals surface area contributed by atoms with Gasteiger partial charge in [-0.25, -0.2) is 0 Å². The van der Waals surface area contributed by atoms with E-state index in [1.807, 2.05) is 6.92 Å². The second kappa shape index (κ2) is 8.78. The first-order chi connectivity index (χ1) is 9.99. The van der Waals surface area contributed by atoms with E-state index >= 15 is 0 Å². The SMILES string of the molecule is CC(CCC(=O)O)CNC(=O)CCNC(=O)c1ccco1. The predicted octanol–water partition coefficient (Wildman–Crippen LogP) is 1.02. The van der Waals surface area contributed by atoms with E-state index in [4.69, 9.17) is 9.52 Å². The molecule has 21 heavy (non-hydrogen) atoms. The molecule has 0 fully saturated rings. The highest BCUT2D eigenvalue weighted by molar-refractivity contribution is 5.91. The number of carboxylic acid groups (broad SMARTS) is 1. The maximum Gasteiger partial charge on any atom is 0.303 e. The van der Waals surface area contributed by atoms with Gasteiger partial charge in [0.05, 0.1) is 6.26 Å². The fraction of sp³-hybridized carbons (Fsp3) is 0.500. The minimum absolute atomic E-state index is 0.0935. The van der Waals surface area contributed by atoms with E-state index in [-0.39, 0.29) is 42.9 Å². The molecule has 1 unspecified atom stereocenters. The number of rotatable bonds is 9. The van der Waals surface area contributed by atoms with Crippen LogP contribution >= 0.6 is 0 Å². The highest BCUT2D eigenvalue weighted by Crippen LogP contribution is 2.03. The summed E-state index contributed by atoms with van der Waals surface area (Å²) in [5.74, 6) is -1.08. The van der Waals surface area contributed by atoms with Gasteiger partial charge >= 0.3 is 5.97 Å². The van der Waals surface area contributed by atoms with Crippen LogP contribution in [0.2, 0.25) is 0 Å². The largest absolute Gasteiger partial charge is 0.481 e. The summed E-state index contributed by atoms with van der Waals surface area (Å²) < 4.78 is 4.92. The number of furan rings is 1. The fourth-order valence-electron chi connectivity index (χ4n) is 1.63. The summed E-state index contributed by atoms with van der Waals surface area (Å²) in [6.45, 7) is 2.52. The van der Waals surface area contributed by atoms with Crippen molar-refractivity contribution < 1.29 is 23.9 Å². The fourth-order valence-corrected chi connectivity index (χ4v) is 1.63. The van der Waals surface area contributed by atoms with Gasteiger partial charge in [-0.1, -0.05) is 6.92 Å². The molecular weight excluding hydrogens is 276 g/mol. The molecule has 3 N–H and O–H groups in total. The lowest BCUT2D eigenvalue weighted by molar-refractivity contribution is -0.137. The van der Waals surface area contributed by atoms with Crippen molar-refractivity contribution in [2.75, 3.05) is 13.1 Å². The van der Waals surface area contributed by atoms with Crippen LogP contribution in [-0.2, 0) is 9.59 Å². The van der Waals surface area contributed by atoms with Crippen LogP contribution in [0.1, 0.15) is 36.7 Å². The van der Waals surface area contributed by atoms with E-state index in [1.54, 1.807) is 12.1 Å². The summed E-state index contributed by atoms with van der Waals surface area (Å²) in [5, 5.41) is 13.8. The van der Waals surface area contributed by atoms with Gasteiger partial charge in [0.2, 0.25) is 5.91 Å². The van der Waals surface area contributed by atoms with Crippen LogP contribution in [0.25, 0.3) is 0 Å². The molecule has 0 spiro atoms. The Balaban J connectivity index is 2.11.